The Labute approximate surface area is 77.6 Å². The first-order valence-corrected chi connectivity index (χ1v) is 5.14. The summed E-state index contributed by atoms with van der Waals surface area (Å²) in [6, 6.07) is 2.03. The molecule has 0 fully saturated rings. The highest BCUT2D eigenvalue weighted by Gasteiger charge is 1.97. The van der Waals surface area contributed by atoms with Crippen molar-refractivity contribution in [2.75, 3.05) is 19.0 Å². The van der Waals surface area contributed by atoms with Gasteiger partial charge in [-0.3, -0.25) is 0 Å². The molecule has 2 nitrogen and oxygen atoms in total. The fourth-order valence-electron chi connectivity index (χ4n) is 0.860. The molecular formula is C9H15NOS. The van der Waals surface area contributed by atoms with Crippen molar-refractivity contribution in [3.05, 3.63) is 11.4 Å². The maximum atomic E-state index is 5.50. The van der Waals surface area contributed by atoms with Crippen LogP contribution in [-0.2, 0) is 0 Å². The van der Waals surface area contributed by atoms with E-state index in [1.54, 1.807) is 11.3 Å². The zero-order valence-corrected chi connectivity index (χ0v) is 8.41. The molecule has 0 saturated heterocycles. The van der Waals surface area contributed by atoms with E-state index in [1.807, 2.05) is 18.5 Å². The van der Waals surface area contributed by atoms with Crippen LogP contribution in [-0.4, -0.2) is 13.7 Å². The molecule has 0 spiro atoms. The summed E-state index contributed by atoms with van der Waals surface area (Å²) in [7, 11) is 1.92. The van der Waals surface area contributed by atoms with Crippen LogP contribution >= 0.6 is 11.3 Å². The van der Waals surface area contributed by atoms with E-state index in [2.05, 4.69) is 12.2 Å². The van der Waals surface area contributed by atoms with Gasteiger partial charge in [0, 0.05) is 18.5 Å². The molecule has 1 aromatic rings. The first-order chi connectivity index (χ1) is 5.86. The molecule has 0 aliphatic rings. The van der Waals surface area contributed by atoms with Gasteiger partial charge in [0.25, 0.3) is 0 Å². The van der Waals surface area contributed by atoms with Gasteiger partial charge in [0.2, 0.25) is 0 Å². The first-order valence-electron chi connectivity index (χ1n) is 4.26. The van der Waals surface area contributed by atoms with Crippen molar-refractivity contribution in [1.29, 1.82) is 0 Å². The number of ether oxygens (including phenoxy) is 1. The highest BCUT2D eigenvalue weighted by molar-refractivity contribution is 7.14. The molecule has 0 aliphatic heterocycles. The number of thiophene rings is 1. The Hall–Kier alpha value is -0.700. The van der Waals surface area contributed by atoms with Crippen LogP contribution in [0.2, 0.25) is 0 Å². The topological polar surface area (TPSA) is 21.3 Å². The molecule has 0 aliphatic carbocycles. The number of rotatable bonds is 5. The quantitative estimate of drug-likeness (QED) is 0.712. The fraction of sp³-hybridized carbons (Fsp3) is 0.556. The lowest BCUT2D eigenvalue weighted by Crippen LogP contribution is -1.94. The van der Waals surface area contributed by atoms with Gasteiger partial charge in [-0.25, -0.2) is 0 Å². The molecular weight excluding hydrogens is 170 g/mol. The summed E-state index contributed by atoms with van der Waals surface area (Å²) >= 11 is 1.67. The van der Waals surface area contributed by atoms with E-state index < -0.39 is 0 Å². The van der Waals surface area contributed by atoms with Gasteiger partial charge in [-0.1, -0.05) is 13.3 Å². The second kappa shape index (κ2) is 5.04. The number of anilines is 1. The summed E-state index contributed by atoms with van der Waals surface area (Å²) in [6.07, 6.45) is 2.31. The zero-order chi connectivity index (χ0) is 8.81. The van der Waals surface area contributed by atoms with E-state index in [9.17, 15) is 0 Å². The average Bonchev–Trinajstić information content (AvgIpc) is 2.53. The van der Waals surface area contributed by atoms with E-state index in [-0.39, 0.29) is 0 Å². The summed E-state index contributed by atoms with van der Waals surface area (Å²) < 4.78 is 5.50. The second-order valence-electron chi connectivity index (χ2n) is 2.60. The summed E-state index contributed by atoms with van der Waals surface area (Å²) in [5.74, 6) is 0.984. The SMILES string of the molecule is CCCCOc1csc(NC)c1. The van der Waals surface area contributed by atoms with Gasteiger partial charge < -0.3 is 10.1 Å². The minimum absolute atomic E-state index is 0.830. The van der Waals surface area contributed by atoms with Crippen molar-refractivity contribution in [3.8, 4) is 5.75 Å². The second-order valence-corrected chi connectivity index (χ2v) is 3.51. The minimum atomic E-state index is 0.830. The normalized spacial score (nSPS) is 9.83. The van der Waals surface area contributed by atoms with Crippen LogP contribution in [0.3, 0.4) is 0 Å². The lowest BCUT2D eigenvalue weighted by atomic mass is 10.4. The van der Waals surface area contributed by atoms with Gasteiger partial charge in [-0.15, -0.1) is 11.3 Å². The van der Waals surface area contributed by atoms with Crippen LogP contribution in [0.1, 0.15) is 19.8 Å². The number of hydrogen-bond acceptors (Lipinski definition) is 3. The maximum absolute atomic E-state index is 5.50. The van der Waals surface area contributed by atoms with Crippen molar-refractivity contribution < 1.29 is 4.74 Å². The Kier molecular flexibility index (Phi) is 3.94. The molecule has 1 heterocycles. The van der Waals surface area contributed by atoms with Crippen LogP contribution in [0.25, 0.3) is 0 Å². The van der Waals surface area contributed by atoms with E-state index in [1.165, 1.54) is 6.42 Å². The zero-order valence-electron chi connectivity index (χ0n) is 7.59. The Morgan fingerprint density at radius 2 is 2.42 bits per heavy atom. The van der Waals surface area contributed by atoms with E-state index in [0.717, 1.165) is 23.8 Å². The summed E-state index contributed by atoms with van der Waals surface area (Å²) in [6.45, 7) is 2.99. The highest BCUT2D eigenvalue weighted by Crippen LogP contribution is 2.25. The van der Waals surface area contributed by atoms with Gasteiger partial charge in [-0.2, -0.15) is 0 Å². The van der Waals surface area contributed by atoms with Crippen LogP contribution in [0.15, 0.2) is 11.4 Å². The van der Waals surface area contributed by atoms with Crippen LogP contribution in [0.4, 0.5) is 5.00 Å². The number of hydrogen-bond donors (Lipinski definition) is 1. The largest absolute Gasteiger partial charge is 0.493 e. The Bertz CT molecular complexity index is 222. The average molecular weight is 185 g/mol. The molecule has 1 N–H and O–H groups in total. The molecule has 0 amide bonds. The van der Waals surface area contributed by atoms with Crippen molar-refractivity contribution >= 4 is 16.3 Å². The van der Waals surface area contributed by atoms with Crippen molar-refractivity contribution in [1.82, 2.24) is 0 Å². The minimum Gasteiger partial charge on any atom is -0.493 e. The van der Waals surface area contributed by atoms with Crippen molar-refractivity contribution in [3.63, 3.8) is 0 Å². The van der Waals surface area contributed by atoms with Crippen LogP contribution in [0, 0.1) is 0 Å². The lowest BCUT2D eigenvalue weighted by Gasteiger charge is -2.00. The maximum Gasteiger partial charge on any atom is 0.132 e. The molecule has 0 unspecified atom stereocenters. The lowest BCUT2D eigenvalue weighted by molar-refractivity contribution is 0.311. The van der Waals surface area contributed by atoms with E-state index in [0.29, 0.717) is 0 Å². The smallest absolute Gasteiger partial charge is 0.132 e. The van der Waals surface area contributed by atoms with Crippen LogP contribution in [0.5, 0.6) is 5.75 Å². The summed E-state index contributed by atoms with van der Waals surface area (Å²) in [5.41, 5.74) is 0. The molecule has 1 aromatic heterocycles. The molecule has 0 atom stereocenters. The molecule has 3 heteroatoms. The van der Waals surface area contributed by atoms with Gasteiger partial charge in [0.1, 0.15) is 5.75 Å². The predicted molar refractivity (Wildman–Crippen MR) is 54.3 cm³/mol. The summed E-state index contributed by atoms with van der Waals surface area (Å²) in [5, 5.41) is 6.26. The van der Waals surface area contributed by atoms with Crippen LogP contribution < -0.4 is 10.1 Å². The standard InChI is InChI=1S/C9H15NOS/c1-3-4-5-11-8-6-9(10-2)12-7-8/h6-7,10H,3-5H2,1-2H3. The van der Waals surface area contributed by atoms with Gasteiger partial charge in [-0.05, 0) is 6.42 Å². The van der Waals surface area contributed by atoms with E-state index >= 15 is 0 Å². The van der Waals surface area contributed by atoms with Gasteiger partial charge >= 0.3 is 0 Å². The third-order valence-electron chi connectivity index (χ3n) is 1.59. The molecule has 0 aromatic carbocycles. The third-order valence-corrected chi connectivity index (χ3v) is 2.51. The van der Waals surface area contributed by atoms with Gasteiger partial charge in [0.05, 0.1) is 11.6 Å². The molecule has 0 saturated carbocycles. The van der Waals surface area contributed by atoms with Crippen molar-refractivity contribution in [2.45, 2.75) is 19.8 Å². The predicted octanol–water partition coefficient (Wildman–Crippen LogP) is 2.97. The monoisotopic (exact) mass is 185 g/mol. The Morgan fingerprint density at radius 1 is 1.58 bits per heavy atom. The Balaban J connectivity index is 2.31. The highest BCUT2D eigenvalue weighted by atomic mass is 32.1. The summed E-state index contributed by atoms with van der Waals surface area (Å²) in [4.78, 5) is 0. The molecule has 0 radical (unpaired) electrons. The molecule has 1 rings (SSSR count). The first kappa shape index (κ1) is 9.39. The molecule has 12 heavy (non-hydrogen) atoms. The van der Waals surface area contributed by atoms with Gasteiger partial charge in [0.15, 0.2) is 0 Å². The van der Waals surface area contributed by atoms with E-state index in [4.69, 9.17) is 4.74 Å². The van der Waals surface area contributed by atoms with Crippen molar-refractivity contribution in [2.24, 2.45) is 0 Å². The fourth-order valence-corrected chi connectivity index (χ4v) is 1.54. The third kappa shape index (κ3) is 2.74. The Morgan fingerprint density at radius 3 is 3.00 bits per heavy atom. The molecule has 0 bridgehead atoms. The number of nitrogens with one attached hydrogen (secondary N) is 1. The molecule has 68 valence electrons. The number of unbranched alkanes of at least 4 members (excludes halogenated alkanes) is 1.